The fourth-order valence-corrected chi connectivity index (χ4v) is 2.99. The third-order valence-corrected chi connectivity index (χ3v) is 4.23. The van der Waals surface area contributed by atoms with E-state index >= 15 is 0 Å². The Labute approximate surface area is 167 Å². The zero-order chi connectivity index (χ0) is 20.2. The predicted octanol–water partition coefficient (Wildman–Crippen LogP) is 3.63. The third-order valence-electron chi connectivity index (χ3n) is 4.23. The molecule has 0 atom stereocenters. The van der Waals surface area contributed by atoms with E-state index in [4.69, 9.17) is 14.2 Å². The first-order chi connectivity index (χ1) is 14.1. The molecule has 3 aromatic rings. The van der Waals surface area contributed by atoms with Crippen molar-refractivity contribution in [3.63, 3.8) is 0 Å². The van der Waals surface area contributed by atoms with Gasteiger partial charge >= 0.3 is 0 Å². The molecule has 8 nitrogen and oxygen atoms in total. The lowest BCUT2D eigenvalue weighted by Gasteiger charge is -2.22. The van der Waals surface area contributed by atoms with Crippen LogP contribution in [0.1, 0.15) is 6.92 Å². The summed E-state index contributed by atoms with van der Waals surface area (Å²) in [4.78, 5) is 20.5. The summed E-state index contributed by atoms with van der Waals surface area (Å²) >= 11 is 0. The molecule has 2 N–H and O–H groups in total. The zero-order valence-electron chi connectivity index (χ0n) is 16.1. The average molecular weight is 392 g/mol. The second kappa shape index (κ2) is 8.05. The number of aromatic nitrogens is 2. The first-order valence-corrected chi connectivity index (χ1v) is 9.08. The van der Waals surface area contributed by atoms with Crippen molar-refractivity contribution >= 4 is 23.2 Å². The van der Waals surface area contributed by atoms with Crippen LogP contribution in [-0.2, 0) is 4.79 Å². The maximum Gasteiger partial charge on any atom is 0.227 e. The van der Waals surface area contributed by atoms with Gasteiger partial charge in [0.1, 0.15) is 19.0 Å². The standard InChI is InChI=1S/C21H20N4O4/c1-13(26)23-18-10-14(11-19-20(18)29-9-8-28-19)17-6-7-22-21(25-17)24-15-4-3-5-16(12-15)27-2/h3-7,10-12H,8-9H2,1-2H3,(H,23,26)(H,22,24,25). The molecule has 1 aliphatic rings. The molecule has 0 saturated carbocycles. The van der Waals surface area contributed by atoms with Crippen LogP contribution in [0, 0.1) is 0 Å². The molecule has 29 heavy (non-hydrogen) atoms. The quantitative estimate of drug-likeness (QED) is 0.685. The Morgan fingerprint density at radius 3 is 2.83 bits per heavy atom. The molecule has 1 aliphatic heterocycles. The number of nitrogens with zero attached hydrogens (tertiary/aromatic N) is 2. The van der Waals surface area contributed by atoms with Crippen molar-refractivity contribution in [3.8, 4) is 28.5 Å². The normalized spacial score (nSPS) is 12.2. The van der Waals surface area contributed by atoms with Crippen molar-refractivity contribution in [2.24, 2.45) is 0 Å². The maximum absolute atomic E-state index is 11.6. The Morgan fingerprint density at radius 2 is 2.00 bits per heavy atom. The minimum Gasteiger partial charge on any atom is -0.497 e. The van der Waals surface area contributed by atoms with Crippen LogP contribution in [-0.4, -0.2) is 36.2 Å². The van der Waals surface area contributed by atoms with Gasteiger partial charge in [0.05, 0.1) is 18.5 Å². The maximum atomic E-state index is 11.6. The first kappa shape index (κ1) is 18.5. The Balaban J connectivity index is 1.68. The number of nitrogens with one attached hydrogen (secondary N) is 2. The summed E-state index contributed by atoms with van der Waals surface area (Å²) < 4.78 is 16.6. The molecule has 1 amide bonds. The molecule has 2 heterocycles. The molecule has 0 aliphatic carbocycles. The van der Waals surface area contributed by atoms with Crippen LogP contribution in [0.15, 0.2) is 48.7 Å². The molecule has 148 valence electrons. The number of hydrogen-bond acceptors (Lipinski definition) is 7. The van der Waals surface area contributed by atoms with Gasteiger partial charge in [-0.05, 0) is 30.3 Å². The Morgan fingerprint density at radius 1 is 1.14 bits per heavy atom. The van der Waals surface area contributed by atoms with Crippen LogP contribution >= 0.6 is 0 Å². The second-order valence-electron chi connectivity index (χ2n) is 6.35. The summed E-state index contributed by atoms with van der Waals surface area (Å²) in [5.41, 5.74) is 2.80. The van der Waals surface area contributed by atoms with Crippen molar-refractivity contribution in [1.82, 2.24) is 9.97 Å². The van der Waals surface area contributed by atoms with E-state index in [1.807, 2.05) is 36.4 Å². The molecule has 0 unspecified atom stereocenters. The summed E-state index contributed by atoms with van der Waals surface area (Å²) in [5.74, 6) is 2.07. The molecule has 0 spiro atoms. The van der Waals surface area contributed by atoms with Crippen LogP contribution in [0.2, 0.25) is 0 Å². The fourth-order valence-electron chi connectivity index (χ4n) is 2.99. The number of benzene rings is 2. The molecule has 0 fully saturated rings. The van der Waals surface area contributed by atoms with Crippen LogP contribution in [0.4, 0.5) is 17.3 Å². The highest BCUT2D eigenvalue weighted by Gasteiger charge is 2.19. The lowest BCUT2D eigenvalue weighted by molar-refractivity contribution is -0.114. The lowest BCUT2D eigenvalue weighted by Crippen LogP contribution is -2.18. The van der Waals surface area contributed by atoms with Gasteiger partial charge in [-0.25, -0.2) is 9.97 Å². The van der Waals surface area contributed by atoms with E-state index in [0.29, 0.717) is 42.0 Å². The smallest absolute Gasteiger partial charge is 0.227 e. The van der Waals surface area contributed by atoms with Gasteiger partial charge in [-0.3, -0.25) is 4.79 Å². The Hall–Kier alpha value is -3.81. The van der Waals surface area contributed by atoms with Crippen molar-refractivity contribution in [3.05, 3.63) is 48.7 Å². The van der Waals surface area contributed by atoms with Gasteiger partial charge in [-0.2, -0.15) is 0 Å². The van der Waals surface area contributed by atoms with E-state index in [9.17, 15) is 4.79 Å². The van der Waals surface area contributed by atoms with E-state index in [0.717, 1.165) is 17.0 Å². The topological polar surface area (TPSA) is 94.6 Å². The van der Waals surface area contributed by atoms with E-state index < -0.39 is 0 Å². The molecule has 8 heteroatoms. The van der Waals surface area contributed by atoms with E-state index in [1.165, 1.54) is 6.92 Å². The molecule has 0 bridgehead atoms. The third kappa shape index (κ3) is 4.21. The van der Waals surface area contributed by atoms with Gasteiger partial charge in [-0.15, -0.1) is 0 Å². The summed E-state index contributed by atoms with van der Waals surface area (Å²) in [6.07, 6.45) is 1.67. The average Bonchev–Trinajstić information content (AvgIpc) is 2.73. The van der Waals surface area contributed by atoms with E-state index in [-0.39, 0.29) is 5.91 Å². The molecule has 4 rings (SSSR count). The summed E-state index contributed by atoms with van der Waals surface area (Å²) in [5, 5.41) is 5.96. The van der Waals surface area contributed by atoms with E-state index in [1.54, 1.807) is 19.4 Å². The number of carbonyl (C=O) groups is 1. The minimum absolute atomic E-state index is 0.193. The van der Waals surface area contributed by atoms with Gasteiger partial charge in [0.2, 0.25) is 11.9 Å². The highest BCUT2D eigenvalue weighted by molar-refractivity contribution is 5.92. The summed E-state index contributed by atoms with van der Waals surface area (Å²) in [6, 6.07) is 12.9. The Kier molecular flexibility index (Phi) is 5.15. The largest absolute Gasteiger partial charge is 0.497 e. The van der Waals surface area contributed by atoms with Gasteiger partial charge in [-0.1, -0.05) is 6.07 Å². The predicted molar refractivity (Wildman–Crippen MR) is 109 cm³/mol. The molecule has 1 aromatic heterocycles. The fraction of sp³-hybridized carbons (Fsp3) is 0.190. The number of ether oxygens (including phenoxy) is 3. The number of carbonyl (C=O) groups excluding carboxylic acids is 1. The van der Waals surface area contributed by atoms with Crippen LogP contribution in [0.5, 0.6) is 17.2 Å². The van der Waals surface area contributed by atoms with Crippen LogP contribution < -0.4 is 24.8 Å². The van der Waals surface area contributed by atoms with Gasteiger partial charge in [0, 0.05) is 30.4 Å². The first-order valence-electron chi connectivity index (χ1n) is 9.08. The van der Waals surface area contributed by atoms with Gasteiger partial charge in [0.15, 0.2) is 11.5 Å². The Bertz CT molecular complexity index is 1050. The molecule has 0 radical (unpaired) electrons. The van der Waals surface area contributed by atoms with Crippen molar-refractivity contribution in [2.75, 3.05) is 31.0 Å². The van der Waals surface area contributed by atoms with Crippen molar-refractivity contribution < 1.29 is 19.0 Å². The number of methoxy groups -OCH3 is 1. The second-order valence-corrected chi connectivity index (χ2v) is 6.35. The molecular weight excluding hydrogens is 372 g/mol. The highest BCUT2D eigenvalue weighted by Crippen LogP contribution is 2.41. The monoisotopic (exact) mass is 392 g/mol. The number of rotatable bonds is 5. The number of fused-ring (bicyclic) bond motifs is 1. The van der Waals surface area contributed by atoms with Gasteiger partial charge < -0.3 is 24.8 Å². The van der Waals surface area contributed by atoms with Crippen molar-refractivity contribution in [2.45, 2.75) is 6.92 Å². The molecule has 2 aromatic carbocycles. The summed E-state index contributed by atoms with van der Waals surface area (Å²) in [7, 11) is 1.62. The highest BCUT2D eigenvalue weighted by atomic mass is 16.6. The molecular formula is C21H20N4O4. The number of anilines is 3. The zero-order valence-corrected chi connectivity index (χ0v) is 16.1. The minimum atomic E-state index is -0.193. The number of amides is 1. The van der Waals surface area contributed by atoms with Crippen LogP contribution in [0.3, 0.4) is 0 Å². The summed E-state index contributed by atoms with van der Waals surface area (Å²) in [6.45, 7) is 2.33. The van der Waals surface area contributed by atoms with Crippen LogP contribution in [0.25, 0.3) is 11.3 Å². The van der Waals surface area contributed by atoms with Crippen molar-refractivity contribution in [1.29, 1.82) is 0 Å². The number of hydrogen-bond donors (Lipinski definition) is 2. The van der Waals surface area contributed by atoms with Gasteiger partial charge in [0.25, 0.3) is 0 Å². The SMILES string of the molecule is COc1cccc(Nc2nccc(-c3cc(NC(C)=O)c4c(c3)OCCO4)n2)c1. The lowest BCUT2D eigenvalue weighted by atomic mass is 10.1. The van der Waals surface area contributed by atoms with E-state index in [2.05, 4.69) is 20.6 Å². The molecule has 0 saturated heterocycles.